The van der Waals surface area contributed by atoms with Gasteiger partial charge < -0.3 is 15.5 Å². The molecule has 134 valence electrons. The molecule has 1 aliphatic heterocycles. The minimum absolute atomic E-state index is 0.166. The van der Waals surface area contributed by atoms with Crippen LogP contribution in [-0.2, 0) is 7.05 Å². The second-order valence-electron chi connectivity index (χ2n) is 6.03. The van der Waals surface area contributed by atoms with Crippen LogP contribution >= 0.6 is 0 Å². The molecule has 0 spiro atoms. The molecule has 1 saturated heterocycles. The number of amides is 2. The lowest BCUT2D eigenvalue weighted by Crippen LogP contribution is -2.42. The van der Waals surface area contributed by atoms with Crippen molar-refractivity contribution in [3.05, 3.63) is 35.8 Å². The Hall–Kier alpha value is -3.43. The monoisotopic (exact) mass is 354 g/mol. The van der Waals surface area contributed by atoms with E-state index >= 15 is 0 Å². The Labute approximate surface area is 148 Å². The van der Waals surface area contributed by atoms with E-state index < -0.39 is 5.91 Å². The van der Waals surface area contributed by atoms with E-state index in [0.29, 0.717) is 35.9 Å². The normalized spacial score (nSPS) is 13.5. The first kappa shape index (κ1) is 16.1. The quantitative estimate of drug-likeness (QED) is 0.710. The number of carbonyl (C=O) groups is 2. The third-order valence-corrected chi connectivity index (χ3v) is 4.35. The lowest BCUT2D eigenvalue weighted by atomic mass is 10.1. The van der Waals surface area contributed by atoms with Crippen LogP contribution in [0.5, 0.6) is 0 Å². The Morgan fingerprint density at radius 2 is 2.08 bits per heavy atom. The van der Waals surface area contributed by atoms with Gasteiger partial charge in [0, 0.05) is 45.1 Å². The number of pyridine rings is 1. The molecule has 10 heteroatoms. The van der Waals surface area contributed by atoms with Crippen LogP contribution in [0.15, 0.2) is 24.5 Å². The molecule has 0 aliphatic carbocycles. The number of fused-ring (bicyclic) bond motifs is 1. The molecule has 0 saturated carbocycles. The van der Waals surface area contributed by atoms with Gasteiger partial charge in [0.1, 0.15) is 5.69 Å². The summed E-state index contributed by atoms with van der Waals surface area (Å²) >= 11 is 0. The molecule has 10 nitrogen and oxygen atoms in total. The zero-order valence-corrected chi connectivity index (χ0v) is 14.4. The molecule has 0 bridgehead atoms. The van der Waals surface area contributed by atoms with Crippen molar-refractivity contribution < 1.29 is 9.59 Å². The molecule has 4 heterocycles. The minimum Gasteiger partial charge on any atom is -0.356 e. The molecule has 1 aliphatic rings. The standard InChI is InChI=1S/C16H18N8O2/c1-17-16-20-12-8-10(4-7-24(12)21-16)19-14(25)13-11(9-18-22(13)2)15(26)23-5-3-6-23/h4,7-9H,3,5-6H2,1-2H3,(H,17,21)(H,19,25). The Kier molecular flexibility index (Phi) is 3.79. The zero-order valence-electron chi connectivity index (χ0n) is 14.4. The Balaban J connectivity index is 1.60. The van der Waals surface area contributed by atoms with Gasteiger partial charge in [-0.15, -0.1) is 5.10 Å². The number of aromatic nitrogens is 5. The smallest absolute Gasteiger partial charge is 0.274 e. The number of nitrogens with one attached hydrogen (secondary N) is 2. The second kappa shape index (κ2) is 6.14. The third kappa shape index (κ3) is 2.65. The number of anilines is 2. The highest BCUT2D eigenvalue weighted by Crippen LogP contribution is 2.18. The van der Waals surface area contributed by atoms with Gasteiger partial charge in [0.15, 0.2) is 5.65 Å². The van der Waals surface area contributed by atoms with Crippen molar-refractivity contribution in [2.75, 3.05) is 30.8 Å². The van der Waals surface area contributed by atoms with Crippen LogP contribution < -0.4 is 10.6 Å². The van der Waals surface area contributed by atoms with Gasteiger partial charge in [0.2, 0.25) is 5.95 Å². The molecule has 0 aromatic carbocycles. The summed E-state index contributed by atoms with van der Waals surface area (Å²) in [5.74, 6) is -0.0739. The predicted octanol–water partition coefficient (Wildman–Crippen LogP) is 0.603. The largest absolute Gasteiger partial charge is 0.356 e. The topological polar surface area (TPSA) is 109 Å². The third-order valence-electron chi connectivity index (χ3n) is 4.35. The molecule has 0 atom stereocenters. The highest BCUT2D eigenvalue weighted by molar-refractivity contribution is 6.11. The van der Waals surface area contributed by atoms with Crippen LogP contribution in [0, 0.1) is 0 Å². The lowest BCUT2D eigenvalue weighted by molar-refractivity contribution is 0.0648. The van der Waals surface area contributed by atoms with Gasteiger partial charge in [-0.1, -0.05) is 0 Å². The molecule has 3 aromatic rings. The number of aryl methyl sites for hydroxylation is 1. The number of carbonyl (C=O) groups excluding carboxylic acids is 2. The van der Waals surface area contributed by atoms with Gasteiger partial charge in [-0.05, 0) is 12.5 Å². The lowest BCUT2D eigenvalue weighted by Gasteiger charge is -2.30. The van der Waals surface area contributed by atoms with Gasteiger partial charge in [-0.2, -0.15) is 10.1 Å². The van der Waals surface area contributed by atoms with Crippen molar-refractivity contribution in [2.24, 2.45) is 7.05 Å². The molecule has 1 fully saturated rings. The second-order valence-corrected chi connectivity index (χ2v) is 6.03. The summed E-state index contributed by atoms with van der Waals surface area (Å²) in [5.41, 5.74) is 1.69. The number of hydrogen-bond acceptors (Lipinski definition) is 6. The molecule has 2 N–H and O–H groups in total. The molecule has 2 amide bonds. The fraction of sp³-hybridized carbons (Fsp3) is 0.312. The van der Waals surface area contributed by atoms with Gasteiger partial charge in [-0.25, -0.2) is 4.52 Å². The highest BCUT2D eigenvalue weighted by Gasteiger charge is 2.28. The average molecular weight is 354 g/mol. The molecule has 0 unspecified atom stereocenters. The summed E-state index contributed by atoms with van der Waals surface area (Å²) in [7, 11) is 3.37. The summed E-state index contributed by atoms with van der Waals surface area (Å²) in [4.78, 5) is 31.2. The first-order valence-electron chi connectivity index (χ1n) is 8.23. The zero-order chi connectivity index (χ0) is 18.3. The van der Waals surface area contributed by atoms with Crippen molar-refractivity contribution in [1.82, 2.24) is 29.3 Å². The van der Waals surface area contributed by atoms with Crippen molar-refractivity contribution >= 4 is 29.1 Å². The summed E-state index contributed by atoms with van der Waals surface area (Å²) in [6.45, 7) is 1.43. The molecule has 0 radical (unpaired) electrons. The maximum Gasteiger partial charge on any atom is 0.274 e. The fourth-order valence-corrected chi connectivity index (χ4v) is 2.81. The molecular formula is C16H18N8O2. The van der Waals surface area contributed by atoms with E-state index in [4.69, 9.17) is 0 Å². The van der Waals surface area contributed by atoms with E-state index in [2.05, 4.69) is 25.8 Å². The fourth-order valence-electron chi connectivity index (χ4n) is 2.81. The average Bonchev–Trinajstić information content (AvgIpc) is 3.15. The minimum atomic E-state index is -0.397. The number of nitrogens with zero attached hydrogens (tertiary/aromatic N) is 6. The molecule has 3 aromatic heterocycles. The maximum absolute atomic E-state index is 12.7. The first-order valence-corrected chi connectivity index (χ1v) is 8.23. The van der Waals surface area contributed by atoms with Crippen molar-refractivity contribution in [1.29, 1.82) is 0 Å². The number of likely N-dealkylation sites (tertiary alicyclic amines) is 1. The summed E-state index contributed by atoms with van der Waals surface area (Å²) in [5, 5.41) is 14.0. The van der Waals surface area contributed by atoms with Crippen LogP contribution in [0.4, 0.5) is 11.6 Å². The van der Waals surface area contributed by atoms with E-state index in [1.807, 2.05) is 0 Å². The van der Waals surface area contributed by atoms with Crippen LogP contribution in [0.2, 0.25) is 0 Å². The number of rotatable bonds is 4. The van der Waals surface area contributed by atoms with Crippen LogP contribution in [-0.4, -0.2) is 61.2 Å². The van der Waals surface area contributed by atoms with Gasteiger partial charge >= 0.3 is 0 Å². The van der Waals surface area contributed by atoms with Crippen molar-refractivity contribution in [3.63, 3.8) is 0 Å². The maximum atomic E-state index is 12.7. The highest BCUT2D eigenvalue weighted by atomic mass is 16.2. The van der Waals surface area contributed by atoms with E-state index in [0.717, 1.165) is 6.42 Å². The number of hydrogen-bond donors (Lipinski definition) is 2. The Morgan fingerprint density at radius 3 is 2.77 bits per heavy atom. The predicted molar refractivity (Wildman–Crippen MR) is 94.2 cm³/mol. The first-order chi connectivity index (χ1) is 12.6. The summed E-state index contributed by atoms with van der Waals surface area (Å²) in [6.07, 6.45) is 4.13. The van der Waals surface area contributed by atoms with Crippen molar-refractivity contribution in [3.8, 4) is 0 Å². The van der Waals surface area contributed by atoms with E-state index in [1.54, 1.807) is 41.8 Å². The van der Waals surface area contributed by atoms with Crippen molar-refractivity contribution in [2.45, 2.75) is 6.42 Å². The SMILES string of the molecule is CNc1nc2cc(NC(=O)c3c(C(=O)N4CCC4)cnn3C)ccn2n1. The van der Waals surface area contributed by atoms with Crippen LogP contribution in [0.3, 0.4) is 0 Å². The van der Waals surface area contributed by atoms with Crippen LogP contribution in [0.25, 0.3) is 5.65 Å². The Bertz CT molecular complexity index is 1000. The van der Waals surface area contributed by atoms with E-state index in [-0.39, 0.29) is 11.6 Å². The van der Waals surface area contributed by atoms with E-state index in [1.165, 1.54) is 10.9 Å². The van der Waals surface area contributed by atoms with Gasteiger partial charge in [0.25, 0.3) is 11.8 Å². The molecular weight excluding hydrogens is 336 g/mol. The van der Waals surface area contributed by atoms with Gasteiger partial charge in [-0.3, -0.25) is 14.3 Å². The molecule has 26 heavy (non-hydrogen) atoms. The Morgan fingerprint density at radius 1 is 1.27 bits per heavy atom. The summed E-state index contributed by atoms with van der Waals surface area (Å²) < 4.78 is 3.02. The van der Waals surface area contributed by atoms with E-state index in [9.17, 15) is 9.59 Å². The van der Waals surface area contributed by atoms with Crippen LogP contribution in [0.1, 0.15) is 27.3 Å². The summed E-state index contributed by atoms with van der Waals surface area (Å²) in [6, 6.07) is 3.42. The van der Waals surface area contributed by atoms with Gasteiger partial charge in [0.05, 0.1) is 11.8 Å². The molecule has 4 rings (SSSR count).